The number of anilines is 1. The summed E-state index contributed by atoms with van der Waals surface area (Å²) in [6, 6.07) is 22.0. The van der Waals surface area contributed by atoms with Gasteiger partial charge in [-0.25, -0.2) is 9.98 Å². The van der Waals surface area contributed by atoms with Gasteiger partial charge in [-0.2, -0.15) is 0 Å². The fourth-order valence-corrected chi connectivity index (χ4v) is 3.01. The molecule has 2 aromatic carbocycles. The first-order chi connectivity index (χ1) is 14.6. The summed E-state index contributed by atoms with van der Waals surface area (Å²) in [5.41, 5.74) is 2.66. The molecule has 0 atom stereocenters. The lowest BCUT2D eigenvalue weighted by atomic mass is 10.1. The largest absolute Gasteiger partial charge is 0.494 e. The van der Waals surface area contributed by atoms with Gasteiger partial charge in [-0.3, -0.25) is 4.79 Å². The molecule has 4 rings (SSSR count). The molecule has 4 aromatic rings. The maximum absolute atomic E-state index is 13.0. The number of nitrogens with one attached hydrogen (secondary N) is 1. The second-order valence-corrected chi connectivity index (χ2v) is 6.66. The lowest BCUT2D eigenvalue weighted by Crippen LogP contribution is -2.22. The number of carbonyl (C=O) groups excluding carboxylic acids is 1. The van der Waals surface area contributed by atoms with E-state index in [0.717, 1.165) is 16.8 Å². The van der Waals surface area contributed by atoms with E-state index in [2.05, 4.69) is 15.3 Å². The highest BCUT2D eigenvalue weighted by molar-refractivity contribution is 6.04. The maximum atomic E-state index is 13.0. The van der Waals surface area contributed by atoms with Crippen LogP contribution in [-0.4, -0.2) is 17.5 Å². The van der Waals surface area contributed by atoms with Gasteiger partial charge in [0.05, 0.1) is 12.3 Å². The van der Waals surface area contributed by atoms with E-state index in [9.17, 15) is 4.79 Å². The van der Waals surface area contributed by atoms with Crippen molar-refractivity contribution >= 4 is 28.4 Å². The Balaban J connectivity index is 1.78. The first-order valence-corrected chi connectivity index (χ1v) is 9.68. The minimum atomic E-state index is -0.340. The number of nitrogens with zero attached hydrogens (tertiary/aromatic N) is 2. The number of carbonyl (C=O) groups is 1. The molecule has 1 N–H and O–H groups in total. The van der Waals surface area contributed by atoms with Crippen LogP contribution >= 0.6 is 0 Å². The number of aryl methyl sites for hydroxylation is 1. The predicted molar refractivity (Wildman–Crippen MR) is 116 cm³/mol. The summed E-state index contributed by atoms with van der Waals surface area (Å²) in [4.78, 5) is 21.9. The molecule has 6 heteroatoms. The minimum absolute atomic E-state index is 0.225. The van der Waals surface area contributed by atoms with Gasteiger partial charge in [-0.05, 0) is 62.4 Å². The van der Waals surface area contributed by atoms with Crippen LogP contribution in [0.25, 0.3) is 11.0 Å². The lowest BCUT2D eigenvalue weighted by Gasteiger charge is -2.07. The van der Waals surface area contributed by atoms with E-state index in [0.29, 0.717) is 29.3 Å². The number of rotatable bonds is 5. The van der Waals surface area contributed by atoms with Crippen molar-refractivity contribution < 1.29 is 13.9 Å². The molecule has 0 saturated heterocycles. The van der Waals surface area contributed by atoms with E-state index in [1.807, 2.05) is 74.5 Å². The molecule has 1 amide bonds. The zero-order valence-corrected chi connectivity index (χ0v) is 16.8. The number of para-hydroxylation sites is 1. The fourth-order valence-electron chi connectivity index (χ4n) is 3.01. The zero-order valence-electron chi connectivity index (χ0n) is 16.8. The Morgan fingerprint density at radius 1 is 1.07 bits per heavy atom. The minimum Gasteiger partial charge on any atom is -0.494 e. The molecular weight excluding hydrogens is 378 g/mol. The molecule has 0 saturated carbocycles. The van der Waals surface area contributed by atoms with Gasteiger partial charge in [0.25, 0.3) is 5.91 Å². The van der Waals surface area contributed by atoms with Gasteiger partial charge in [0, 0.05) is 11.1 Å². The van der Waals surface area contributed by atoms with Crippen LogP contribution in [0.3, 0.4) is 0 Å². The zero-order chi connectivity index (χ0) is 20.9. The van der Waals surface area contributed by atoms with Gasteiger partial charge in [-0.15, -0.1) is 0 Å². The highest BCUT2D eigenvalue weighted by Crippen LogP contribution is 2.19. The molecule has 2 aromatic heterocycles. The molecule has 6 nitrogen and oxygen atoms in total. The predicted octanol–water partition coefficient (Wildman–Crippen LogP) is 5.02. The number of hydrogen-bond donors (Lipinski definition) is 1. The SMILES string of the molecule is CCOc1ccc(N=c2oc3ccccc3cc2C(=O)Nc2cccc(C)n2)cc1. The van der Waals surface area contributed by atoms with E-state index in [-0.39, 0.29) is 11.5 Å². The van der Waals surface area contributed by atoms with Crippen LogP contribution in [0.4, 0.5) is 11.5 Å². The Hall–Kier alpha value is -3.93. The highest BCUT2D eigenvalue weighted by Gasteiger charge is 2.14. The molecule has 0 aliphatic carbocycles. The summed E-state index contributed by atoms with van der Waals surface area (Å²) in [5.74, 6) is 0.892. The van der Waals surface area contributed by atoms with Crippen molar-refractivity contribution in [2.45, 2.75) is 13.8 Å². The highest BCUT2D eigenvalue weighted by atomic mass is 16.5. The van der Waals surface area contributed by atoms with Crippen molar-refractivity contribution in [3.63, 3.8) is 0 Å². The molecule has 0 aliphatic heterocycles. The Bertz CT molecular complexity index is 1260. The van der Waals surface area contributed by atoms with Gasteiger partial charge in [0.15, 0.2) is 0 Å². The monoisotopic (exact) mass is 399 g/mol. The van der Waals surface area contributed by atoms with E-state index in [4.69, 9.17) is 9.15 Å². The van der Waals surface area contributed by atoms with Crippen molar-refractivity contribution in [2.75, 3.05) is 11.9 Å². The molecule has 2 heterocycles. The van der Waals surface area contributed by atoms with Crippen LogP contribution in [0.2, 0.25) is 0 Å². The van der Waals surface area contributed by atoms with Crippen LogP contribution < -0.4 is 15.6 Å². The summed E-state index contributed by atoms with van der Waals surface area (Å²) in [6.45, 7) is 4.39. The van der Waals surface area contributed by atoms with Crippen LogP contribution in [0.1, 0.15) is 23.0 Å². The van der Waals surface area contributed by atoms with E-state index in [1.165, 1.54) is 0 Å². The van der Waals surface area contributed by atoms with Gasteiger partial charge in [0.2, 0.25) is 5.55 Å². The number of aromatic nitrogens is 1. The molecule has 0 radical (unpaired) electrons. The third-order valence-electron chi connectivity index (χ3n) is 4.41. The van der Waals surface area contributed by atoms with Gasteiger partial charge in [0.1, 0.15) is 22.7 Å². The summed E-state index contributed by atoms with van der Waals surface area (Å²) in [7, 11) is 0. The molecule has 0 unspecified atom stereocenters. The lowest BCUT2D eigenvalue weighted by molar-refractivity contribution is 0.102. The second kappa shape index (κ2) is 8.61. The third kappa shape index (κ3) is 4.38. The Morgan fingerprint density at radius 3 is 2.63 bits per heavy atom. The standard InChI is InChI=1S/C24H21N3O3/c1-3-29-19-13-11-18(12-14-19)26-24-20(15-17-8-4-5-9-21(17)30-24)23(28)27-22-10-6-7-16(2)25-22/h4-15H,3H2,1-2H3,(H,25,27,28). The molecule has 0 fully saturated rings. The number of ether oxygens (including phenoxy) is 1. The first kappa shape index (κ1) is 19.4. The topological polar surface area (TPSA) is 76.7 Å². The Morgan fingerprint density at radius 2 is 1.87 bits per heavy atom. The summed E-state index contributed by atoms with van der Waals surface area (Å²) in [6.07, 6.45) is 0. The molecule has 150 valence electrons. The number of hydrogen-bond acceptors (Lipinski definition) is 5. The second-order valence-electron chi connectivity index (χ2n) is 6.66. The summed E-state index contributed by atoms with van der Waals surface area (Å²) in [5, 5.41) is 3.64. The average Bonchev–Trinajstić information content (AvgIpc) is 2.75. The van der Waals surface area contributed by atoms with Crippen molar-refractivity contribution in [3.05, 3.63) is 89.6 Å². The molecule has 0 spiro atoms. The van der Waals surface area contributed by atoms with Crippen LogP contribution in [0.15, 0.2) is 82.2 Å². The molecule has 30 heavy (non-hydrogen) atoms. The number of pyridine rings is 1. The van der Waals surface area contributed by atoms with E-state index in [1.54, 1.807) is 12.1 Å². The van der Waals surface area contributed by atoms with Crippen molar-refractivity contribution in [1.29, 1.82) is 0 Å². The summed E-state index contributed by atoms with van der Waals surface area (Å²) < 4.78 is 11.4. The van der Waals surface area contributed by atoms with Gasteiger partial charge in [-0.1, -0.05) is 24.3 Å². The molecular formula is C24H21N3O3. The van der Waals surface area contributed by atoms with Gasteiger partial charge < -0.3 is 14.5 Å². The van der Waals surface area contributed by atoms with Crippen LogP contribution in [-0.2, 0) is 0 Å². The number of fused-ring (bicyclic) bond motifs is 1. The summed E-state index contributed by atoms with van der Waals surface area (Å²) >= 11 is 0. The Labute approximate surface area is 173 Å². The van der Waals surface area contributed by atoms with Gasteiger partial charge >= 0.3 is 0 Å². The molecule has 0 bridgehead atoms. The van der Waals surface area contributed by atoms with E-state index < -0.39 is 0 Å². The fraction of sp³-hybridized carbons (Fsp3) is 0.125. The van der Waals surface area contributed by atoms with E-state index >= 15 is 0 Å². The van der Waals surface area contributed by atoms with Crippen molar-refractivity contribution in [1.82, 2.24) is 4.98 Å². The molecule has 0 aliphatic rings. The number of amides is 1. The van der Waals surface area contributed by atoms with Crippen LogP contribution in [0.5, 0.6) is 5.75 Å². The third-order valence-corrected chi connectivity index (χ3v) is 4.41. The smallest absolute Gasteiger partial charge is 0.262 e. The van der Waals surface area contributed by atoms with Crippen LogP contribution in [0, 0.1) is 6.92 Å². The first-order valence-electron chi connectivity index (χ1n) is 9.68. The van der Waals surface area contributed by atoms with Crippen molar-refractivity contribution in [3.8, 4) is 5.75 Å². The normalized spacial score (nSPS) is 11.5. The number of benzene rings is 2. The quantitative estimate of drug-likeness (QED) is 0.511. The van der Waals surface area contributed by atoms with Crippen molar-refractivity contribution in [2.24, 2.45) is 4.99 Å². The maximum Gasteiger partial charge on any atom is 0.262 e. The Kier molecular flexibility index (Phi) is 5.57. The average molecular weight is 399 g/mol.